The summed E-state index contributed by atoms with van der Waals surface area (Å²) in [6, 6.07) is -0.954. The molecule has 0 aromatic carbocycles. The molecule has 4 aliphatic heterocycles. The van der Waals surface area contributed by atoms with E-state index in [1.807, 2.05) is 52.2 Å². The first-order chi connectivity index (χ1) is 28.3. The fraction of sp³-hybridized carbons (Fsp3) is 0.857. The zero-order valence-corrected chi connectivity index (χ0v) is 36.9. The SMILES string of the molecule is CO[C@@H]1[C@@H](O[C@@H]2O[C@H](C)[C@@H](O[C@H]3C[C@@](C)(O)[C@@H](O)[C@H](C)O3)[C@H](N(C)N=O)[C@H]2O)[C@@H](CC=O)C[C@@H](C)[C@@H](O[C@H]2CC[C@H](N(C)C)[C@@H](C)O2)/C=C/C=C/C[C@@H](C)OC(=O)C[C@H]1O. The average molecular weight is 858 g/mol. The highest BCUT2D eigenvalue weighted by atomic mass is 16.7. The van der Waals surface area contributed by atoms with Crippen LogP contribution in [0.2, 0.25) is 0 Å². The third kappa shape index (κ3) is 13.0. The molecule has 4 N–H and O–H groups in total. The van der Waals surface area contributed by atoms with Crippen molar-refractivity contribution in [2.24, 2.45) is 17.1 Å². The van der Waals surface area contributed by atoms with Gasteiger partial charge in [-0.1, -0.05) is 31.2 Å². The van der Waals surface area contributed by atoms with Crippen LogP contribution in [0, 0.1) is 16.7 Å². The first kappa shape index (κ1) is 50.2. The molecule has 18 nitrogen and oxygen atoms in total. The third-order valence-electron chi connectivity index (χ3n) is 12.3. The Balaban J connectivity index is 1.68. The number of cyclic esters (lactones) is 1. The topological polar surface area (TPSA) is 225 Å². The van der Waals surface area contributed by atoms with Gasteiger partial charge in [-0.25, -0.2) is 0 Å². The van der Waals surface area contributed by atoms with Crippen LogP contribution in [-0.2, 0) is 47.5 Å². The Morgan fingerprint density at radius 2 is 1.62 bits per heavy atom. The zero-order valence-electron chi connectivity index (χ0n) is 36.9. The minimum Gasteiger partial charge on any atom is -0.462 e. The standard InChI is InChI=1S/C42H71N3O15/c1-23-20-28(18-19-46)38(60-41-36(49)35(45(9)43-52)37(26(4)57-41)59-34-22-42(6,51)40(50)27(5)56-34)39(53-10)30(47)21-32(48)54-24(2)14-12-11-13-15-31(23)58-33-17-16-29(44(7)8)25(3)55-33/h11-13,15,19,23-31,33-41,47,49-51H,14,16-18,20-22H2,1-10H3/b12-11+,15-13+/t23-,24-,25-,26-,27+,28+,29+,30-,31+,33+,34+,35-,36-,37-,38+,39+,40+,41+,42-/m1/s1. The van der Waals surface area contributed by atoms with Crippen molar-refractivity contribution in [2.45, 2.75) is 190 Å². The van der Waals surface area contributed by atoms with E-state index in [4.69, 9.17) is 37.9 Å². The number of rotatable bonds is 12. The average Bonchev–Trinajstić information content (AvgIpc) is 3.16. The zero-order chi connectivity index (χ0) is 44.5. The minimum absolute atomic E-state index is 0.0762. The first-order valence-corrected chi connectivity index (χ1v) is 21.2. The van der Waals surface area contributed by atoms with Gasteiger partial charge >= 0.3 is 5.97 Å². The fourth-order valence-electron chi connectivity index (χ4n) is 8.99. The number of ether oxygens (including phenoxy) is 8. The van der Waals surface area contributed by atoms with Crippen LogP contribution >= 0.6 is 0 Å². The van der Waals surface area contributed by atoms with E-state index < -0.39 is 110 Å². The number of carbonyl (C=O) groups excluding carboxylic acids is 2. The molecule has 0 spiro atoms. The van der Waals surface area contributed by atoms with Crippen LogP contribution in [0.3, 0.4) is 0 Å². The number of aldehydes is 1. The molecule has 0 unspecified atom stereocenters. The van der Waals surface area contributed by atoms with Gasteiger partial charge in [0.2, 0.25) is 0 Å². The Labute approximate surface area is 354 Å². The van der Waals surface area contributed by atoms with Gasteiger partial charge in [-0.15, -0.1) is 4.91 Å². The van der Waals surface area contributed by atoms with E-state index in [-0.39, 0.29) is 37.3 Å². The van der Waals surface area contributed by atoms with E-state index in [2.05, 4.69) is 10.2 Å². The highest BCUT2D eigenvalue weighted by molar-refractivity contribution is 5.70. The molecule has 0 aliphatic carbocycles. The summed E-state index contributed by atoms with van der Waals surface area (Å²) < 4.78 is 49.5. The van der Waals surface area contributed by atoms with Crippen LogP contribution < -0.4 is 0 Å². The number of aliphatic hydroxyl groups excluding tert-OH is 3. The van der Waals surface area contributed by atoms with Crippen molar-refractivity contribution < 1.29 is 67.9 Å². The van der Waals surface area contributed by atoms with Gasteiger partial charge < -0.3 is 68.0 Å². The van der Waals surface area contributed by atoms with E-state index in [1.165, 1.54) is 21.1 Å². The number of hydrogen-bond acceptors (Lipinski definition) is 17. The summed E-state index contributed by atoms with van der Waals surface area (Å²) in [5.74, 6) is -1.65. The number of hydrogen-bond donors (Lipinski definition) is 4. The molecule has 0 amide bonds. The van der Waals surface area contributed by atoms with Crippen LogP contribution in [0.4, 0.5) is 0 Å². The second kappa shape index (κ2) is 22.8. The summed E-state index contributed by atoms with van der Waals surface area (Å²) in [6.07, 6.45) is -3.79. The van der Waals surface area contributed by atoms with Gasteiger partial charge in [-0.05, 0) is 79.8 Å². The molecule has 0 radical (unpaired) electrons. The summed E-state index contributed by atoms with van der Waals surface area (Å²) in [5, 5.41) is 49.0. The number of methoxy groups -OCH3 is 1. The summed E-state index contributed by atoms with van der Waals surface area (Å²) in [5.41, 5.74) is -1.56. The highest BCUT2D eigenvalue weighted by Gasteiger charge is 2.52. The van der Waals surface area contributed by atoms with Gasteiger partial charge in [-0.3, -0.25) is 9.80 Å². The summed E-state index contributed by atoms with van der Waals surface area (Å²) in [7, 11) is 6.74. The lowest BCUT2D eigenvalue weighted by Crippen LogP contribution is -2.65. The van der Waals surface area contributed by atoms with E-state index in [0.717, 1.165) is 17.7 Å². The Kier molecular flexibility index (Phi) is 19.0. The summed E-state index contributed by atoms with van der Waals surface area (Å²) in [6.45, 7) is 10.4. The summed E-state index contributed by atoms with van der Waals surface area (Å²) in [4.78, 5) is 39.8. The molecular formula is C42H71N3O15. The van der Waals surface area contributed by atoms with Crippen molar-refractivity contribution in [1.29, 1.82) is 0 Å². The maximum absolute atomic E-state index is 13.1. The molecule has 0 bridgehead atoms. The van der Waals surface area contributed by atoms with Crippen molar-refractivity contribution in [2.75, 3.05) is 28.3 Å². The Bertz CT molecular complexity index is 1420. The van der Waals surface area contributed by atoms with Crippen molar-refractivity contribution in [3.8, 4) is 0 Å². The molecule has 60 heavy (non-hydrogen) atoms. The second-order valence-electron chi connectivity index (χ2n) is 17.5. The maximum atomic E-state index is 13.1. The van der Waals surface area contributed by atoms with Crippen molar-refractivity contribution in [1.82, 2.24) is 9.91 Å². The van der Waals surface area contributed by atoms with E-state index in [1.54, 1.807) is 20.8 Å². The summed E-state index contributed by atoms with van der Waals surface area (Å²) >= 11 is 0. The molecule has 0 saturated carbocycles. The Hall–Kier alpha value is -2.46. The maximum Gasteiger partial charge on any atom is 0.308 e. The normalized spacial score (nSPS) is 45.0. The predicted molar refractivity (Wildman–Crippen MR) is 217 cm³/mol. The van der Waals surface area contributed by atoms with Crippen molar-refractivity contribution >= 4 is 12.3 Å². The van der Waals surface area contributed by atoms with E-state index in [0.29, 0.717) is 12.8 Å². The molecule has 4 aliphatic rings. The number of nitrogens with zero attached hydrogens (tertiary/aromatic N) is 3. The predicted octanol–water partition coefficient (Wildman–Crippen LogP) is 2.38. The van der Waals surface area contributed by atoms with Gasteiger partial charge in [0.05, 0.1) is 53.9 Å². The second-order valence-corrected chi connectivity index (χ2v) is 17.5. The molecule has 344 valence electrons. The van der Waals surface area contributed by atoms with Crippen molar-refractivity contribution in [3.05, 3.63) is 29.2 Å². The van der Waals surface area contributed by atoms with Crippen LogP contribution in [0.1, 0.15) is 86.5 Å². The number of likely N-dealkylation sites (N-methyl/N-ethyl adjacent to an activating group) is 2. The molecule has 18 heteroatoms. The molecule has 19 atom stereocenters. The Morgan fingerprint density at radius 1 is 0.917 bits per heavy atom. The lowest BCUT2D eigenvalue weighted by molar-refractivity contribution is -0.345. The number of aliphatic hydroxyl groups is 4. The fourth-order valence-corrected chi connectivity index (χ4v) is 8.99. The molecule has 3 fully saturated rings. The highest BCUT2D eigenvalue weighted by Crippen LogP contribution is 2.37. The largest absolute Gasteiger partial charge is 0.462 e. The van der Waals surface area contributed by atoms with Crippen LogP contribution in [-0.4, -0.2) is 175 Å². The molecule has 0 aromatic rings. The minimum atomic E-state index is -1.63. The van der Waals surface area contributed by atoms with Crippen LogP contribution in [0.15, 0.2) is 29.6 Å². The number of carbonyl (C=O) groups is 2. The van der Waals surface area contributed by atoms with Gasteiger partial charge in [0.15, 0.2) is 18.9 Å². The lowest BCUT2D eigenvalue weighted by Gasteiger charge is -2.49. The van der Waals surface area contributed by atoms with Crippen LogP contribution in [0.5, 0.6) is 0 Å². The monoisotopic (exact) mass is 857 g/mol. The number of esters is 1. The number of allylic oxidation sites excluding steroid dienone is 2. The lowest BCUT2D eigenvalue weighted by atomic mass is 9.82. The van der Waals surface area contributed by atoms with Gasteiger partial charge in [0, 0.05) is 39.5 Å². The molecule has 3 saturated heterocycles. The van der Waals surface area contributed by atoms with E-state index in [9.17, 15) is 34.9 Å². The van der Waals surface area contributed by atoms with Crippen molar-refractivity contribution in [3.63, 3.8) is 0 Å². The Morgan fingerprint density at radius 3 is 2.23 bits per heavy atom. The van der Waals surface area contributed by atoms with Gasteiger partial charge in [0.25, 0.3) is 0 Å². The molecule has 4 rings (SSSR count). The number of nitroso groups, excluding NO2 is 1. The molecule has 4 heterocycles. The van der Waals surface area contributed by atoms with Gasteiger partial charge in [-0.2, -0.15) is 0 Å². The van der Waals surface area contributed by atoms with Gasteiger partial charge in [0.1, 0.15) is 42.8 Å². The smallest absolute Gasteiger partial charge is 0.308 e. The molecule has 0 aromatic heterocycles. The quantitative estimate of drug-likeness (QED) is 0.0957. The molecular weight excluding hydrogens is 786 g/mol. The van der Waals surface area contributed by atoms with Crippen LogP contribution in [0.25, 0.3) is 0 Å². The third-order valence-corrected chi connectivity index (χ3v) is 12.3. The first-order valence-electron chi connectivity index (χ1n) is 21.2. The van der Waals surface area contributed by atoms with E-state index >= 15 is 0 Å².